The molecular formula is C25H23BrN2O4. The second-order valence-corrected chi connectivity index (χ2v) is 8.55. The fraction of sp³-hybridized carbons (Fsp3) is 0.200. The Labute approximate surface area is 195 Å². The molecule has 6 nitrogen and oxygen atoms in total. The van der Waals surface area contributed by atoms with Crippen molar-refractivity contribution in [3.05, 3.63) is 88.4 Å². The Hall–Kier alpha value is -3.32. The number of anilines is 1. The highest BCUT2D eigenvalue weighted by atomic mass is 79.9. The van der Waals surface area contributed by atoms with Gasteiger partial charge < -0.3 is 20.1 Å². The average Bonchev–Trinajstić information content (AvgIpc) is 3.59. The Balaban J connectivity index is 1.30. The van der Waals surface area contributed by atoms with Gasteiger partial charge >= 0.3 is 0 Å². The maximum atomic E-state index is 12.7. The van der Waals surface area contributed by atoms with E-state index in [2.05, 4.69) is 26.6 Å². The monoisotopic (exact) mass is 494 g/mol. The van der Waals surface area contributed by atoms with Gasteiger partial charge in [-0.15, -0.1) is 0 Å². The minimum absolute atomic E-state index is 0.132. The van der Waals surface area contributed by atoms with Gasteiger partial charge in [-0.3, -0.25) is 9.59 Å². The first-order valence-electron chi connectivity index (χ1n) is 10.2. The molecule has 0 unspecified atom stereocenters. The molecular weight excluding hydrogens is 472 g/mol. The number of amides is 2. The van der Waals surface area contributed by atoms with E-state index >= 15 is 0 Å². The lowest BCUT2D eigenvalue weighted by Crippen LogP contribution is -2.34. The Morgan fingerprint density at radius 2 is 1.69 bits per heavy atom. The van der Waals surface area contributed by atoms with E-state index in [1.54, 1.807) is 55.6 Å². The molecule has 0 radical (unpaired) electrons. The molecule has 0 atom stereocenters. The van der Waals surface area contributed by atoms with Crippen LogP contribution in [-0.2, 0) is 10.3 Å². The Morgan fingerprint density at radius 1 is 0.969 bits per heavy atom. The number of hydrogen-bond donors (Lipinski definition) is 2. The second kappa shape index (κ2) is 9.44. The summed E-state index contributed by atoms with van der Waals surface area (Å²) in [6.07, 6.45) is 1.84. The fourth-order valence-corrected chi connectivity index (χ4v) is 3.68. The third-order valence-corrected chi connectivity index (χ3v) is 5.87. The summed E-state index contributed by atoms with van der Waals surface area (Å²) in [5, 5.41) is 5.91. The third kappa shape index (κ3) is 5.29. The van der Waals surface area contributed by atoms with Crippen LogP contribution < -0.4 is 20.1 Å². The van der Waals surface area contributed by atoms with Crippen molar-refractivity contribution in [1.29, 1.82) is 0 Å². The fourth-order valence-electron chi connectivity index (χ4n) is 3.42. The summed E-state index contributed by atoms with van der Waals surface area (Å²) in [5.41, 5.74) is 1.99. The summed E-state index contributed by atoms with van der Waals surface area (Å²) < 4.78 is 11.7. The molecule has 0 aromatic heterocycles. The minimum atomic E-state index is -0.287. The van der Waals surface area contributed by atoms with Crippen LogP contribution in [0.15, 0.2) is 77.3 Å². The van der Waals surface area contributed by atoms with Crippen molar-refractivity contribution in [2.75, 3.05) is 19.0 Å². The van der Waals surface area contributed by atoms with Gasteiger partial charge in [0.2, 0.25) is 0 Å². The highest BCUT2D eigenvalue weighted by Gasteiger charge is 2.45. The number of benzene rings is 3. The van der Waals surface area contributed by atoms with Crippen LogP contribution in [0.3, 0.4) is 0 Å². The van der Waals surface area contributed by atoms with Crippen molar-refractivity contribution < 1.29 is 19.1 Å². The van der Waals surface area contributed by atoms with Crippen LogP contribution in [-0.4, -0.2) is 25.5 Å². The van der Waals surface area contributed by atoms with E-state index in [9.17, 15) is 9.59 Å². The highest BCUT2D eigenvalue weighted by Crippen LogP contribution is 2.45. The predicted octanol–water partition coefficient (Wildman–Crippen LogP) is 4.89. The number of carbonyl (C=O) groups is 2. The minimum Gasteiger partial charge on any atom is -0.497 e. The molecule has 0 heterocycles. The van der Waals surface area contributed by atoms with Gasteiger partial charge in [-0.1, -0.05) is 34.1 Å². The average molecular weight is 495 g/mol. The standard InChI is InChI=1S/C25H23BrN2O4/c1-31-22-4-2-3-20(15-22)27-23(29)16-32-21-11-5-17(6-12-21)24(30)28-25(13-14-25)18-7-9-19(26)10-8-18/h2-12,15H,13-14,16H2,1H3,(H,27,29)(H,28,30). The van der Waals surface area contributed by atoms with Gasteiger partial charge in [-0.05, 0) is 66.9 Å². The lowest BCUT2D eigenvalue weighted by molar-refractivity contribution is -0.118. The molecule has 2 amide bonds. The first-order valence-corrected chi connectivity index (χ1v) is 11.0. The van der Waals surface area contributed by atoms with Crippen LogP contribution in [0.1, 0.15) is 28.8 Å². The van der Waals surface area contributed by atoms with Crippen molar-refractivity contribution >= 4 is 33.4 Å². The maximum Gasteiger partial charge on any atom is 0.262 e. The number of rotatable bonds is 8. The lowest BCUT2D eigenvalue weighted by atomic mass is 10.0. The van der Waals surface area contributed by atoms with Crippen LogP contribution in [0.5, 0.6) is 11.5 Å². The van der Waals surface area contributed by atoms with E-state index in [1.165, 1.54) is 0 Å². The normalized spacial score (nSPS) is 13.7. The predicted molar refractivity (Wildman–Crippen MR) is 126 cm³/mol. The number of carbonyl (C=O) groups excluding carboxylic acids is 2. The Kier molecular flexibility index (Phi) is 6.46. The van der Waals surface area contributed by atoms with E-state index < -0.39 is 0 Å². The first-order chi connectivity index (χ1) is 15.5. The number of methoxy groups -OCH3 is 1. The molecule has 4 rings (SSSR count). The maximum absolute atomic E-state index is 12.7. The van der Waals surface area contributed by atoms with E-state index in [1.807, 2.05) is 24.3 Å². The summed E-state index contributed by atoms with van der Waals surface area (Å²) >= 11 is 3.44. The Bertz CT molecular complexity index is 1110. The van der Waals surface area contributed by atoms with Gasteiger partial charge in [-0.2, -0.15) is 0 Å². The molecule has 0 aliphatic heterocycles. The zero-order valence-electron chi connectivity index (χ0n) is 17.6. The van der Waals surface area contributed by atoms with Crippen molar-refractivity contribution in [2.45, 2.75) is 18.4 Å². The summed E-state index contributed by atoms with van der Waals surface area (Å²) in [6.45, 7) is -0.143. The molecule has 0 spiro atoms. The summed E-state index contributed by atoms with van der Waals surface area (Å²) in [6, 6.07) is 21.9. The van der Waals surface area contributed by atoms with Crippen molar-refractivity contribution in [1.82, 2.24) is 5.32 Å². The van der Waals surface area contributed by atoms with Crippen LogP contribution >= 0.6 is 15.9 Å². The first kappa shape index (κ1) is 21.9. The summed E-state index contributed by atoms with van der Waals surface area (Å²) in [4.78, 5) is 24.9. The van der Waals surface area contributed by atoms with E-state index in [4.69, 9.17) is 9.47 Å². The highest BCUT2D eigenvalue weighted by molar-refractivity contribution is 9.10. The van der Waals surface area contributed by atoms with E-state index in [0.29, 0.717) is 22.7 Å². The zero-order valence-corrected chi connectivity index (χ0v) is 19.1. The quantitative estimate of drug-likeness (QED) is 0.467. The second-order valence-electron chi connectivity index (χ2n) is 7.64. The van der Waals surface area contributed by atoms with E-state index in [-0.39, 0.29) is 24.0 Å². The molecule has 32 heavy (non-hydrogen) atoms. The molecule has 2 N–H and O–H groups in total. The molecule has 1 fully saturated rings. The smallest absolute Gasteiger partial charge is 0.262 e. The van der Waals surface area contributed by atoms with Crippen LogP contribution in [0.4, 0.5) is 5.69 Å². The van der Waals surface area contributed by atoms with Crippen molar-refractivity contribution in [3.8, 4) is 11.5 Å². The van der Waals surface area contributed by atoms with Crippen molar-refractivity contribution in [2.24, 2.45) is 0 Å². The molecule has 164 valence electrons. The lowest BCUT2D eigenvalue weighted by Gasteiger charge is -2.18. The summed E-state index contributed by atoms with van der Waals surface area (Å²) in [5.74, 6) is 0.750. The zero-order chi connectivity index (χ0) is 22.6. The third-order valence-electron chi connectivity index (χ3n) is 5.34. The van der Waals surface area contributed by atoms with Crippen LogP contribution in [0.2, 0.25) is 0 Å². The van der Waals surface area contributed by atoms with Gasteiger partial charge in [0.15, 0.2) is 6.61 Å². The van der Waals surface area contributed by atoms with E-state index in [0.717, 1.165) is 22.9 Å². The summed E-state index contributed by atoms with van der Waals surface area (Å²) in [7, 11) is 1.57. The SMILES string of the molecule is COc1cccc(NC(=O)COc2ccc(C(=O)NC3(c4ccc(Br)cc4)CC3)cc2)c1. The van der Waals surface area contributed by atoms with Crippen LogP contribution in [0, 0.1) is 0 Å². The van der Waals surface area contributed by atoms with Gasteiger partial charge in [0.25, 0.3) is 11.8 Å². The Morgan fingerprint density at radius 3 is 2.34 bits per heavy atom. The van der Waals surface area contributed by atoms with Gasteiger partial charge in [0, 0.05) is 21.8 Å². The van der Waals surface area contributed by atoms with Crippen molar-refractivity contribution in [3.63, 3.8) is 0 Å². The van der Waals surface area contributed by atoms with Crippen LogP contribution in [0.25, 0.3) is 0 Å². The molecule has 0 saturated heterocycles. The number of ether oxygens (including phenoxy) is 2. The van der Waals surface area contributed by atoms with Gasteiger partial charge in [0.1, 0.15) is 11.5 Å². The molecule has 1 aliphatic carbocycles. The molecule has 1 aliphatic rings. The number of halogens is 1. The number of hydrogen-bond acceptors (Lipinski definition) is 4. The largest absolute Gasteiger partial charge is 0.497 e. The number of nitrogens with one attached hydrogen (secondary N) is 2. The molecule has 7 heteroatoms. The van der Waals surface area contributed by atoms with Gasteiger partial charge in [-0.25, -0.2) is 0 Å². The van der Waals surface area contributed by atoms with Gasteiger partial charge in [0.05, 0.1) is 12.6 Å². The molecule has 0 bridgehead atoms. The molecule has 3 aromatic carbocycles. The molecule has 3 aromatic rings. The topological polar surface area (TPSA) is 76.7 Å². The molecule has 1 saturated carbocycles.